The molecule has 1 aliphatic heterocycles. The van der Waals surface area contributed by atoms with Crippen LogP contribution in [-0.2, 0) is 0 Å². The highest BCUT2D eigenvalue weighted by atomic mass is 32.1. The van der Waals surface area contributed by atoms with Gasteiger partial charge in [0.2, 0.25) is 0 Å². The van der Waals surface area contributed by atoms with Crippen LogP contribution in [0.15, 0.2) is 0 Å². The zero-order valence-corrected chi connectivity index (χ0v) is 13.4. The second-order valence-corrected chi connectivity index (χ2v) is 8.31. The topological polar surface area (TPSA) is 18.5 Å². The second kappa shape index (κ2) is 4.84. The summed E-state index contributed by atoms with van der Waals surface area (Å²) in [6.45, 7) is 4.47. The van der Waals surface area contributed by atoms with Crippen LogP contribution in [-0.4, -0.2) is 53.7 Å². The van der Waals surface area contributed by atoms with Gasteiger partial charge in [-0.3, -0.25) is 0 Å². The van der Waals surface area contributed by atoms with Crippen molar-refractivity contribution in [3.63, 3.8) is 0 Å². The van der Waals surface area contributed by atoms with Crippen molar-refractivity contribution in [3.05, 3.63) is 0 Å². The van der Waals surface area contributed by atoms with Crippen molar-refractivity contribution in [1.29, 1.82) is 0 Å². The minimum absolute atomic E-state index is 0.370. The van der Waals surface area contributed by atoms with Gasteiger partial charge in [0.1, 0.15) is 0 Å². The van der Waals surface area contributed by atoms with Gasteiger partial charge in [-0.1, -0.05) is 0 Å². The number of thiocarbonyl (C=S) groups is 1. The summed E-state index contributed by atoms with van der Waals surface area (Å²) in [5.74, 6) is 2.97. The number of likely N-dealkylation sites (N-methyl/N-ethyl adjacent to an activating group) is 1. The van der Waals surface area contributed by atoms with Crippen molar-refractivity contribution in [2.45, 2.75) is 44.1 Å². The normalized spacial score (nSPS) is 43.9. The van der Waals surface area contributed by atoms with Crippen LogP contribution in [0.1, 0.15) is 38.5 Å². The fourth-order valence-corrected chi connectivity index (χ4v) is 5.98. The van der Waals surface area contributed by atoms with Crippen LogP contribution in [0.25, 0.3) is 0 Å². The standard InChI is InChI=1S/C16H27N3S/c1-18-2-4-19(5-3-18)15(20)17-16-9-12-6-13(10-16)8-14(7-12)11-16/h12-14H,2-11H2,1H3,(H,17,20). The van der Waals surface area contributed by atoms with Crippen LogP contribution in [0.5, 0.6) is 0 Å². The molecule has 112 valence electrons. The number of hydrogen-bond acceptors (Lipinski definition) is 2. The Balaban J connectivity index is 1.42. The molecule has 20 heavy (non-hydrogen) atoms. The molecule has 0 aromatic carbocycles. The predicted molar refractivity (Wildman–Crippen MR) is 85.7 cm³/mol. The number of piperazine rings is 1. The first-order chi connectivity index (χ1) is 9.62. The van der Waals surface area contributed by atoms with E-state index in [0.717, 1.165) is 49.0 Å². The molecule has 1 heterocycles. The van der Waals surface area contributed by atoms with Gasteiger partial charge in [0.05, 0.1) is 0 Å². The molecule has 0 unspecified atom stereocenters. The molecule has 0 atom stereocenters. The lowest BCUT2D eigenvalue weighted by Crippen LogP contribution is -2.63. The van der Waals surface area contributed by atoms with Crippen LogP contribution in [0.3, 0.4) is 0 Å². The molecule has 1 saturated heterocycles. The minimum atomic E-state index is 0.370. The van der Waals surface area contributed by atoms with Gasteiger partial charge in [0.25, 0.3) is 0 Å². The molecule has 0 aromatic rings. The Morgan fingerprint density at radius 3 is 1.95 bits per heavy atom. The van der Waals surface area contributed by atoms with E-state index >= 15 is 0 Å². The van der Waals surface area contributed by atoms with E-state index in [2.05, 4.69) is 22.2 Å². The first kappa shape index (κ1) is 13.3. The van der Waals surface area contributed by atoms with E-state index in [-0.39, 0.29) is 0 Å². The summed E-state index contributed by atoms with van der Waals surface area (Å²) in [4.78, 5) is 4.79. The molecule has 5 aliphatic rings. The van der Waals surface area contributed by atoms with Gasteiger partial charge in [-0.2, -0.15) is 0 Å². The van der Waals surface area contributed by atoms with E-state index in [1.54, 1.807) is 0 Å². The molecule has 4 bridgehead atoms. The average molecular weight is 293 g/mol. The smallest absolute Gasteiger partial charge is 0.169 e. The first-order valence-corrected chi connectivity index (χ1v) is 8.78. The Kier molecular flexibility index (Phi) is 3.22. The quantitative estimate of drug-likeness (QED) is 0.746. The largest absolute Gasteiger partial charge is 0.357 e. The summed E-state index contributed by atoms with van der Waals surface area (Å²) >= 11 is 5.74. The van der Waals surface area contributed by atoms with Crippen LogP contribution >= 0.6 is 12.2 Å². The fraction of sp³-hybridized carbons (Fsp3) is 0.938. The van der Waals surface area contributed by atoms with Gasteiger partial charge in [0, 0.05) is 31.7 Å². The van der Waals surface area contributed by atoms with Crippen LogP contribution < -0.4 is 5.32 Å². The van der Waals surface area contributed by atoms with E-state index in [1.165, 1.54) is 38.5 Å². The van der Waals surface area contributed by atoms with Gasteiger partial charge < -0.3 is 15.1 Å². The predicted octanol–water partition coefficient (Wildman–Crippen LogP) is 2.08. The van der Waals surface area contributed by atoms with Crippen molar-refractivity contribution in [3.8, 4) is 0 Å². The molecule has 5 fully saturated rings. The number of rotatable bonds is 1. The van der Waals surface area contributed by atoms with Crippen molar-refractivity contribution in [1.82, 2.24) is 15.1 Å². The summed E-state index contributed by atoms with van der Waals surface area (Å²) < 4.78 is 0. The summed E-state index contributed by atoms with van der Waals surface area (Å²) in [5.41, 5.74) is 0.370. The van der Waals surface area contributed by atoms with Crippen LogP contribution in [0.4, 0.5) is 0 Å². The van der Waals surface area contributed by atoms with Gasteiger partial charge in [-0.15, -0.1) is 0 Å². The van der Waals surface area contributed by atoms with E-state index in [1.807, 2.05) is 0 Å². The maximum Gasteiger partial charge on any atom is 0.169 e. The summed E-state index contributed by atoms with van der Waals surface area (Å²) in [5, 5.41) is 4.89. The maximum absolute atomic E-state index is 5.74. The number of nitrogens with zero attached hydrogens (tertiary/aromatic N) is 2. The molecule has 4 aliphatic carbocycles. The molecule has 3 nitrogen and oxygen atoms in total. The Hall–Kier alpha value is -0.350. The SMILES string of the molecule is CN1CCN(C(=S)NC23CC4CC(CC(C4)C2)C3)CC1. The van der Waals surface area contributed by atoms with Gasteiger partial charge in [-0.05, 0) is 75.5 Å². The van der Waals surface area contributed by atoms with Crippen LogP contribution in [0.2, 0.25) is 0 Å². The lowest BCUT2D eigenvalue weighted by Gasteiger charge is -2.57. The molecule has 4 saturated carbocycles. The molecular weight excluding hydrogens is 266 g/mol. The fourth-order valence-electron chi connectivity index (χ4n) is 5.58. The minimum Gasteiger partial charge on any atom is -0.357 e. The monoisotopic (exact) mass is 293 g/mol. The highest BCUT2D eigenvalue weighted by Crippen LogP contribution is 2.55. The van der Waals surface area contributed by atoms with Gasteiger partial charge in [-0.25, -0.2) is 0 Å². The zero-order valence-electron chi connectivity index (χ0n) is 12.6. The summed E-state index contributed by atoms with van der Waals surface area (Å²) in [7, 11) is 2.20. The zero-order chi connectivity index (χ0) is 13.7. The van der Waals surface area contributed by atoms with Crippen molar-refractivity contribution in [2.75, 3.05) is 33.2 Å². The number of hydrogen-bond donors (Lipinski definition) is 1. The molecule has 1 N–H and O–H groups in total. The van der Waals surface area contributed by atoms with E-state index in [9.17, 15) is 0 Å². The van der Waals surface area contributed by atoms with Crippen LogP contribution in [0, 0.1) is 17.8 Å². The second-order valence-electron chi connectivity index (χ2n) is 7.92. The Morgan fingerprint density at radius 1 is 0.950 bits per heavy atom. The Labute approximate surface area is 128 Å². The third-order valence-corrected chi connectivity index (χ3v) is 6.56. The molecule has 4 heteroatoms. The first-order valence-electron chi connectivity index (χ1n) is 8.37. The molecule has 0 radical (unpaired) electrons. The lowest BCUT2D eigenvalue weighted by atomic mass is 9.53. The third-order valence-electron chi connectivity index (χ3n) is 6.20. The highest BCUT2D eigenvalue weighted by Gasteiger charge is 2.51. The number of nitrogens with one attached hydrogen (secondary N) is 1. The summed E-state index contributed by atoms with van der Waals surface area (Å²) in [6, 6.07) is 0. The molecule has 0 aromatic heterocycles. The van der Waals surface area contributed by atoms with E-state index in [0.29, 0.717) is 5.54 Å². The van der Waals surface area contributed by atoms with E-state index in [4.69, 9.17) is 12.2 Å². The third kappa shape index (κ3) is 2.35. The molecule has 5 rings (SSSR count). The Bertz CT molecular complexity index is 365. The highest BCUT2D eigenvalue weighted by molar-refractivity contribution is 7.80. The molecular formula is C16H27N3S. The maximum atomic E-state index is 5.74. The molecule has 0 amide bonds. The summed E-state index contributed by atoms with van der Waals surface area (Å²) in [6.07, 6.45) is 8.65. The molecule has 0 spiro atoms. The van der Waals surface area contributed by atoms with Gasteiger partial charge in [0.15, 0.2) is 5.11 Å². The van der Waals surface area contributed by atoms with Crippen molar-refractivity contribution in [2.24, 2.45) is 17.8 Å². The van der Waals surface area contributed by atoms with Gasteiger partial charge >= 0.3 is 0 Å². The van der Waals surface area contributed by atoms with Crippen molar-refractivity contribution < 1.29 is 0 Å². The Morgan fingerprint density at radius 2 is 1.45 bits per heavy atom. The lowest BCUT2D eigenvalue weighted by molar-refractivity contribution is -0.0115. The van der Waals surface area contributed by atoms with Crippen molar-refractivity contribution >= 4 is 17.3 Å². The average Bonchev–Trinajstić information content (AvgIpc) is 2.37. The van der Waals surface area contributed by atoms with E-state index < -0.39 is 0 Å².